The first kappa shape index (κ1) is 9.87. The molecule has 0 aliphatic carbocycles. The molecule has 0 aromatic rings. The average Bonchev–Trinajstić information content (AvgIpc) is 1.89. The zero-order chi connectivity index (χ0) is 7.82. The van der Waals surface area contributed by atoms with Crippen LogP contribution in [0.5, 0.6) is 0 Å². The molecule has 10 heavy (non-hydrogen) atoms. The van der Waals surface area contributed by atoms with Gasteiger partial charge in [0, 0.05) is 18.2 Å². The molecular formula is C8H15NS. The summed E-state index contributed by atoms with van der Waals surface area (Å²) >= 11 is 1.79. The van der Waals surface area contributed by atoms with Gasteiger partial charge in [0.05, 0.1) is 0 Å². The Morgan fingerprint density at radius 2 is 2.30 bits per heavy atom. The van der Waals surface area contributed by atoms with Crippen LogP contribution in [-0.4, -0.2) is 18.1 Å². The summed E-state index contributed by atoms with van der Waals surface area (Å²) in [5, 5.41) is 0. The summed E-state index contributed by atoms with van der Waals surface area (Å²) in [6.07, 6.45) is 4.05. The molecule has 0 aromatic carbocycles. The Balaban J connectivity index is 3.18. The van der Waals surface area contributed by atoms with E-state index in [1.165, 1.54) is 0 Å². The van der Waals surface area contributed by atoms with Gasteiger partial charge in [-0.25, -0.2) is 0 Å². The minimum absolute atomic E-state index is 0.329. The molecule has 2 heteroatoms. The molecule has 0 aromatic heterocycles. The minimum Gasteiger partial charge on any atom is -0.327 e. The van der Waals surface area contributed by atoms with Crippen LogP contribution in [0.15, 0.2) is 0 Å². The Bertz CT molecular complexity index is 123. The quantitative estimate of drug-likeness (QED) is 0.626. The normalized spacial score (nSPS) is 11.9. The Morgan fingerprint density at radius 1 is 1.60 bits per heavy atom. The molecule has 0 rings (SSSR count). The van der Waals surface area contributed by atoms with Gasteiger partial charge in [0.1, 0.15) is 0 Å². The fourth-order valence-corrected chi connectivity index (χ4v) is 1.27. The predicted octanol–water partition coefficient (Wildman–Crippen LogP) is 1.48. The third kappa shape index (κ3) is 6.00. The number of hydrogen-bond acceptors (Lipinski definition) is 2. The summed E-state index contributed by atoms with van der Waals surface area (Å²) < 4.78 is 0. The van der Waals surface area contributed by atoms with Gasteiger partial charge in [-0.15, -0.1) is 11.8 Å². The lowest BCUT2D eigenvalue weighted by Gasteiger charge is -2.05. The lowest BCUT2D eigenvalue weighted by atomic mass is 10.2. The molecular weight excluding hydrogens is 142 g/mol. The molecule has 0 aliphatic rings. The van der Waals surface area contributed by atoms with Gasteiger partial charge < -0.3 is 5.73 Å². The fraction of sp³-hybridized carbons (Fsp3) is 0.750. The van der Waals surface area contributed by atoms with Crippen molar-refractivity contribution in [2.75, 3.05) is 12.0 Å². The lowest BCUT2D eigenvalue weighted by molar-refractivity contribution is 0.692. The zero-order valence-corrected chi connectivity index (χ0v) is 7.50. The second-order valence-electron chi connectivity index (χ2n) is 2.18. The maximum Gasteiger partial charge on any atom is 0.0139 e. The highest BCUT2D eigenvalue weighted by Crippen LogP contribution is 2.00. The molecule has 0 fully saturated rings. The van der Waals surface area contributed by atoms with E-state index in [4.69, 9.17) is 5.73 Å². The van der Waals surface area contributed by atoms with E-state index in [-0.39, 0.29) is 0 Å². The van der Waals surface area contributed by atoms with Gasteiger partial charge >= 0.3 is 0 Å². The van der Waals surface area contributed by atoms with E-state index < -0.39 is 0 Å². The highest BCUT2D eigenvalue weighted by atomic mass is 32.2. The first-order chi connectivity index (χ1) is 4.81. The van der Waals surface area contributed by atoms with E-state index in [0.717, 1.165) is 18.6 Å². The van der Waals surface area contributed by atoms with Crippen molar-refractivity contribution < 1.29 is 0 Å². The summed E-state index contributed by atoms with van der Waals surface area (Å²) in [5.74, 6) is 6.90. The molecule has 0 heterocycles. The van der Waals surface area contributed by atoms with Crippen LogP contribution in [0.3, 0.4) is 0 Å². The summed E-state index contributed by atoms with van der Waals surface area (Å²) in [6.45, 7) is 1.86. The van der Waals surface area contributed by atoms with Gasteiger partial charge in [-0.3, -0.25) is 0 Å². The number of hydrogen-bond donors (Lipinski definition) is 1. The van der Waals surface area contributed by atoms with E-state index in [1.54, 1.807) is 11.8 Å². The molecule has 0 aliphatic heterocycles. The highest BCUT2D eigenvalue weighted by Gasteiger charge is 1.97. The fourth-order valence-electron chi connectivity index (χ4n) is 0.680. The molecule has 0 saturated heterocycles. The molecule has 0 bridgehead atoms. The van der Waals surface area contributed by atoms with Crippen molar-refractivity contribution >= 4 is 11.8 Å². The average molecular weight is 157 g/mol. The third-order valence-electron chi connectivity index (χ3n) is 1.20. The van der Waals surface area contributed by atoms with E-state index in [9.17, 15) is 0 Å². The zero-order valence-electron chi connectivity index (χ0n) is 6.68. The van der Waals surface area contributed by atoms with Gasteiger partial charge in [-0.2, -0.15) is 11.8 Å². The Labute approximate surface area is 67.8 Å². The van der Waals surface area contributed by atoms with Gasteiger partial charge in [0.15, 0.2) is 0 Å². The maximum absolute atomic E-state index is 5.74. The predicted molar refractivity (Wildman–Crippen MR) is 49.0 cm³/mol. The van der Waals surface area contributed by atoms with Gasteiger partial charge in [-0.1, -0.05) is 0 Å². The standard InChI is InChI=1S/C8H15NS/c1-3-4-5-6-8(9)7-10-2/h8H,5-7,9H2,1-2H3. The summed E-state index contributed by atoms with van der Waals surface area (Å²) in [5.41, 5.74) is 5.74. The van der Waals surface area contributed by atoms with Crippen molar-refractivity contribution in [3.05, 3.63) is 0 Å². The molecule has 0 spiro atoms. The molecule has 2 N–H and O–H groups in total. The van der Waals surface area contributed by atoms with Gasteiger partial charge in [0.25, 0.3) is 0 Å². The van der Waals surface area contributed by atoms with Crippen molar-refractivity contribution in [2.24, 2.45) is 5.73 Å². The van der Waals surface area contributed by atoms with Crippen molar-refractivity contribution in [2.45, 2.75) is 25.8 Å². The Hall–Kier alpha value is -0.130. The minimum atomic E-state index is 0.329. The summed E-state index contributed by atoms with van der Waals surface area (Å²) in [7, 11) is 0. The van der Waals surface area contributed by atoms with Gasteiger partial charge in [-0.05, 0) is 19.6 Å². The SMILES string of the molecule is CC#CCCC(N)CSC. The van der Waals surface area contributed by atoms with E-state index >= 15 is 0 Å². The molecule has 0 amide bonds. The van der Waals surface area contributed by atoms with Crippen LogP contribution in [0.25, 0.3) is 0 Å². The number of nitrogens with two attached hydrogens (primary N) is 1. The number of rotatable bonds is 4. The lowest BCUT2D eigenvalue weighted by Crippen LogP contribution is -2.22. The summed E-state index contributed by atoms with van der Waals surface area (Å²) in [4.78, 5) is 0. The first-order valence-corrected chi connectivity index (χ1v) is 4.84. The molecule has 0 saturated carbocycles. The Morgan fingerprint density at radius 3 is 2.80 bits per heavy atom. The third-order valence-corrected chi connectivity index (χ3v) is 1.96. The van der Waals surface area contributed by atoms with E-state index in [2.05, 4.69) is 18.1 Å². The molecule has 1 atom stereocenters. The van der Waals surface area contributed by atoms with E-state index in [1.807, 2.05) is 6.92 Å². The van der Waals surface area contributed by atoms with Crippen molar-refractivity contribution in [1.29, 1.82) is 0 Å². The van der Waals surface area contributed by atoms with Crippen LogP contribution in [0.1, 0.15) is 19.8 Å². The van der Waals surface area contributed by atoms with Crippen LogP contribution < -0.4 is 5.73 Å². The van der Waals surface area contributed by atoms with Gasteiger partial charge in [0.2, 0.25) is 0 Å². The second-order valence-corrected chi connectivity index (χ2v) is 3.09. The molecule has 1 nitrogen and oxygen atoms in total. The molecule has 0 radical (unpaired) electrons. The summed E-state index contributed by atoms with van der Waals surface area (Å²) in [6, 6.07) is 0.329. The van der Waals surface area contributed by atoms with Crippen LogP contribution in [0, 0.1) is 11.8 Å². The van der Waals surface area contributed by atoms with Crippen LogP contribution in [0.2, 0.25) is 0 Å². The molecule has 1 unspecified atom stereocenters. The van der Waals surface area contributed by atoms with Crippen molar-refractivity contribution in [3.8, 4) is 11.8 Å². The topological polar surface area (TPSA) is 26.0 Å². The maximum atomic E-state index is 5.74. The van der Waals surface area contributed by atoms with Crippen LogP contribution in [-0.2, 0) is 0 Å². The first-order valence-electron chi connectivity index (χ1n) is 3.45. The largest absolute Gasteiger partial charge is 0.327 e. The highest BCUT2D eigenvalue weighted by molar-refractivity contribution is 7.98. The van der Waals surface area contributed by atoms with Crippen LogP contribution in [0.4, 0.5) is 0 Å². The van der Waals surface area contributed by atoms with Crippen molar-refractivity contribution in [1.82, 2.24) is 0 Å². The smallest absolute Gasteiger partial charge is 0.0139 e. The molecule has 58 valence electrons. The van der Waals surface area contributed by atoms with Crippen LogP contribution >= 0.6 is 11.8 Å². The van der Waals surface area contributed by atoms with E-state index in [0.29, 0.717) is 6.04 Å². The van der Waals surface area contributed by atoms with Crippen molar-refractivity contribution in [3.63, 3.8) is 0 Å². The monoisotopic (exact) mass is 157 g/mol. The second kappa shape index (κ2) is 6.98. The number of thioether (sulfide) groups is 1. The Kier molecular flexibility index (Phi) is 6.89.